The molecule has 1 heterocycles. The predicted octanol–water partition coefficient (Wildman–Crippen LogP) is 2.22. The van der Waals surface area contributed by atoms with Crippen molar-refractivity contribution in [3.8, 4) is 0 Å². The number of hydrogen-bond donors (Lipinski definition) is 1. The van der Waals surface area contributed by atoms with E-state index in [9.17, 15) is 8.78 Å². The fourth-order valence-electron chi connectivity index (χ4n) is 1.19. The van der Waals surface area contributed by atoms with E-state index in [0.717, 1.165) is 6.54 Å². The van der Waals surface area contributed by atoms with Crippen LogP contribution in [0.15, 0.2) is 12.4 Å². The van der Waals surface area contributed by atoms with Crippen LogP contribution in [-0.2, 0) is 6.54 Å². The number of hydrogen-bond acceptors (Lipinski definition) is 2. The smallest absolute Gasteiger partial charge is 0.255 e. The topological polar surface area (TPSA) is 29.9 Å². The molecule has 3 nitrogen and oxygen atoms in total. The highest BCUT2D eigenvalue weighted by Gasteiger charge is 2.06. The molecule has 0 aliphatic carbocycles. The Kier molecular flexibility index (Phi) is 3.85. The highest BCUT2D eigenvalue weighted by molar-refractivity contribution is 5.25. The van der Waals surface area contributed by atoms with E-state index in [-0.39, 0.29) is 6.54 Å². The predicted molar refractivity (Wildman–Crippen MR) is 51.6 cm³/mol. The summed E-state index contributed by atoms with van der Waals surface area (Å²) < 4.78 is 25.7. The summed E-state index contributed by atoms with van der Waals surface area (Å²) >= 11 is 0. The second-order valence-corrected chi connectivity index (χ2v) is 3.57. The van der Waals surface area contributed by atoms with E-state index in [4.69, 9.17) is 0 Å². The van der Waals surface area contributed by atoms with Gasteiger partial charge in [0.05, 0.1) is 6.54 Å². The molecule has 0 aliphatic rings. The molecule has 0 bridgehead atoms. The van der Waals surface area contributed by atoms with Gasteiger partial charge in [-0.05, 0) is 5.92 Å². The second kappa shape index (κ2) is 4.93. The van der Waals surface area contributed by atoms with Crippen LogP contribution >= 0.6 is 0 Å². The molecule has 0 saturated carbocycles. The summed E-state index contributed by atoms with van der Waals surface area (Å²) in [5.41, 5.74) is 0. The lowest BCUT2D eigenvalue weighted by atomic mass is 10.2. The van der Waals surface area contributed by atoms with E-state index < -0.39 is 6.43 Å². The van der Waals surface area contributed by atoms with Crippen LogP contribution in [0.3, 0.4) is 0 Å². The summed E-state index contributed by atoms with van der Waals surface area (Å²) in [7, 11) is 0. The Balaban J connectivity index is 2.53. The third-order valence-electron chi connectivity index (χ3n) is 1.69. The number of nitrogens with one attached hydrogen (secondary N) is 1. The first-order chi connectivity index (χ1) is 6.59. The van der Waals surface area contributed by atoms with Crippen LogP contribution in [0, 0.1) is 5.92 Å². The zero-order chi connectivity index (χ0) is 10.6. The maximum absolute atomic E-state index is 11.9. The third kappa shape index (κ3) is 3.32. The van der Waals surface area contributed by atoms with E-state index >= 15 is 0 Å². The van der Waals surface area contributed by atoms with Gasteiger partial charge in [0.2, 0.25) is 5.95 Å². The average Bonchev–Trinajstić information content (AvgIpc) is 2.47. The van der Waals surface area contributed by atoms with Gasteiger partial charge in [-0.1, -0.05) is 13.8 Å². The Bertz CT molecular complexity index is 271. The molecular weight excluding hydrogens is 188 g/mol. The maximum Gasteiger partial charge on any atom is 0.255 e. The van der Waals surface area contributed by atoms with Crippen molar-refractivity contribution in [2.24, 2.45) is 5.92 Å². The fraction of sp³-hybridized carbons (Fsp3) is 0.667. The van der Waals surface area contributed by atoms with Gasteiger partial charge in [0.15, 0.2) is 0 Å². The summed E-state index contributed by atoms with van der Waals surface area (Å²) in [5, 5.41) is 2.60. The SMILES string of the molecule is CC(C)Cn1ccnc1NCC(F)F. The number of rotatable bonds is 5. The van der Waals surface area contributed by atoms with E-state index in [1.165, 1.54) is 0 Å². The highest BCUT2D eigenvalue weighted by atomic mass is 19.3. The van der Waals surface area contributed by atoms with Crippen molar-refractivity contribution in [2.75, 3.05) is 11.9 Å². The van der Waals surface area contributed by atoms with Crippen LogP contribution in [-0.4, -0.2) is 22.5 Å². The minimum Gasteiger partial charge on any atom is -0.350 e. The molecular formula is C9H15F2N3. The van der Waals surface area contributed by atoms with E-state index in [1.54, 1.807) is 12.4 Å². The zero-order valence-electron chi connectivity index (χ0n) is 8.37. The number of anilines is 1. The van der Waals surface area contributed by atoms with Crippen LogP contribution in [0.2, 0.25) is 0 Å². The van der Waals surface area contributed by atoms with Gasteiger partial charge in [0.25, 0.3) is 6.43 Å². The molecule has 0 aliphatic heterocycles. The molecule has 0 fully saturated rings. The normalized spacial score (nSPS) is 11.3. The van der Waals surface area contributed by atoms with Crippen LogP contribution in [0.1, 0.15) is 13.8 Å². The molecule has 0 saturated heterocycles. The van der Waals surface area contributed by atoms with Crippen molar-refractivity contribution in [2.45, 2.75) is 26.8 Å². The molecule has 1 N–H and O–H groups in total. The van der Waals surface area contributed by atoms with Crippen LogP contribution in [0.5, 0.6) is 0 Å². The second-order valence-electron chi connectivity index (χ2n) is 3.57. The lowest BCUT2D eigenvalue weighted by Crippen LogP contribution is -2.15. The lowest BCUT2D eigenvalue weighted by molar-refractivity contribution is 0.163. The minimum atomic E-state index is -2.35. The van der Waals surface area contributed by atoms with Crippen molar-refractivity contribution in [3.63, 3.8) is 0 Å². The van der Waals surface area contributed by atoms with E-state index in [1.807, 2.05) is 4.57 Å². The van der Waals surface area contributed by atoms with Gasteiger partial charge >= 0.3 is 0 Å². The fourth-order valence-corrected chi connectivity index (χ4v) is 1.19. The number of nitrogens with zero attached hydrogens (tertiary/aromatic N) is 2. The average molecular weight is 203 g/mol. The molecule has 80 valence electrons. The third-order valence-corrected chi connectivity index (χ3v) is 1.69. The molecule has 0 aromatic carbocycles. The molecule has 0 radical (unpaired) electrons. The largest absolute Gasteiger partial charge is 0.350 e. The number of imidazole rings is 1. The van der Waals surface area contributed by atoms with Gasteiger partial charge in [-0.3, -0.25) is 0 Å². The van der Waals surface area contributed by atoms with Gasteiger partial charge in [-0.25, -0.2) is 13.8 Å². The Morgan fingerprint density at radius 1 is 1.50 bits per heavy atom. The van der Waals surface area contributed by atoms with Gasteiger partial charge in [-0.15, -0.1) is 0 Å². The molecule has 0 spiro atoms. The number of halogens is 2. The summed E-state index contributed by atoms with van der Waals surface area (Å²) in [6.07, 6.45) is 1.04. The van der Waals surface area contributed by atoms with Gasteiger partial charge in [-0.2, -0.15) is 0 Å². The lowest BCUT2D eigenvalue weighted by Gasteiger charge is -2.11. The monoisotopic (exact) mass is 203 g/mol. The van der Waals surface area contributed by atoms with Gasteiger partial charge in [0.1, 0.15) is 0 Å². The Hall–Kier alpha value is -1.13. The number of aromatic nitrogens is 2. The first kappa shape index (κ1) is 10.9. The van der Waals surface area contributed by atoms with Crippen molar-refractivity contribution < 1.29 is 8.78 Å². The Labute approximate surface area is 82.1 Å². The molecule has 0 atom stereocenters. The van der Waals surface area contributed by atoms with Gasteiger partial charge < -0.3 is 9.88 Å². The molecule has 1 aromatic rings. The van der Waals surface area contributed by atoms with Crippen molar-refractivity contribution in [1.29, 1.82) is 0 Å². The van der Waals surface area contributed by atoms with Crippen molar-refractivity contribution in [1.82, 2.24) is 9.55 Å². The Morgan fingerprint density at radius 2 is 2.21 bits per heavy atom. The van der Waals surface area contributed by atoms with Crippen LogP contribution in [0.4, 0.5) is 14.7 Å². The van der Waals surface area contributed by atoms with Crippen LogP contribution in [0.25, 0.3) is 0 Å². The van der Waals surface area contributed by atoms with Crippen LogP contribution < -0.4 is 5.32 Å². The van der Waals surface area contributed by atoms with Gasteiger partial charge in [0, 0.05) is 18.9 Å². The zero-order valence-corrected chi connectivity index (χ0v) is 8.37. The minimum absolute atomic E-state index is 0.352. The summed E-state index contributed by atoms with van der Waals surface area (Å²) in [4.78, 5) is 3.96. The molecule has 1 rings (SSSR count). The first-order valence-electron chi connectivity index (χ1n) is 4.62. The molecule has 5 heteroatoms. The summed E-state index contributed by atoms with van der Waals surface area (Å²) in [5.74, 6) is 0.982. The highest BCUT2D eigenvalue weighted by Crippen LogP contribution is 2.08. The Morgan fingerprint density at radius 3 is 2.79 bits per heavy atom. The quantitative estimate of drug-likeness (QED) is 0.795. The molecule has 14 heavy (non-hydrogen) atoms. The molecule has 1 aromatic heterocycles. The maximum atomic E-state index is 11.9. The summed E-state index contributed by atoms with van der Waals surface area (Å²) in [6.45, 7) is 4.56. The standard InChI is InChI=1S/C9H15F2N3/c1-7(2)6-14-4-3-12-9(14)13-5-8(10)11/h3-4,7-8H,5-6H2,1-2H3,(H,12,13). The van der Waals surface area contributed by atoms with E-state index in [0.29, 0.717) is 11.9 Å². The van der Waals surface area contributed by atoms with Crippen molar-refractivity contribution >= 4 is 5.95 Å². The summed E-state index contributed by atoms with van der Waals surface area (Å²) in [6, 6.07) is 0. The molecule has 0 unspecified atom stereocenters. The van der Waals surface area contributed by atoms with Crippen molar-refractivity contribution in [3.05, 3.63) is 12.4 Å². The van der Waals surface area contributed by atoms with E-state index in [2.05, 4.69) is 24.1 Å². The first-order valence-corrected chi connectivity index (χ1v) is 4.62. The molecule has 0 amide bonds. The number of alkyl halides is 2.